The summed E-state index contributed by atoms with van der Waals surface area (Å²) in [6.07, 6.45) is 0.835. The summed E-state index contributed by atoms with van der Waals surface area (Å²) in [5.41, 5.74) is 4.08. The minimum Gasteiger partial charge on any atom is -0.350 e. The Labute approximate surface area is 163 Å². The molecule has 0 radical (unpaired) electrons. The van der Waals surface area contributed by atoms with Crippen LogP contribution in [0.1, 0.15) is 34.2 Å². The first-order chi connectivity index (χ1) is 13.5. The van der Waals surface area contributed by atoms with Crippen molar-refractivity contribution < 1.29 is 9.18 Å². The predicted octanol–water partition coefficient (Wildman–Crippen LogP) is 4.13. The number of aromatic nitrogens is 2. The molecule has 2 aromatic carbocycles. The highest BCUT2D eigenvalue weighted by molar-refractivity contribution is 6.06. The molecule has 3 aromatic rings. The Morgan fingerprint density at radius 3 is 2.71 bits per heavy atom. The number of anilines is 2. The Balaban J connectivity index is 1.56. The number of rotatable bonds is 4. The Bertz CT molecular complexity index is 1020. The topological polar surface area (TPSA) is 58.1 Å². The molecule has 1 aromatic heterocycles. The number of para-hydroxylation sites is 1. The highest BCUT2D eigenvalue weighted by Crippen LogP contribution is 2.32. The second-order valence-corrected chi connectivity index (χ2v) is 7.06. The van der Waals surface area contributed by atoms with Crippen LogP contribution in [-0.4, -0.2) is 21.9 Å². The Hall–Kier alpha value is -3.28. The van der Waals surface area contributed by atoms with E-state index in [2.05, 4.69) is 21.4 Å². The van der Waals surface area contributed by atoms with Crippen molar-refractivity contribution in [1.29, 1.82) is 0 Å². The first-order valence-corrected chi connectivity index (χ1v) is 9.27. The van der Waals surface area contributed by atoms with Crippen LogP contribution < -0.4 is 10.2 Å². The molecule has 0 saturated heterocycles. The molecular formula is C22H21FN4O. The lowest BCUT2D eigenvalue weighted by molar-refractivity contribution is 0.0976. The van der Waals surface area contributed by atoms with E-state index in [4.69, 9.17) is 0 Å². The summed E-state index contributed by atoms with van der Waals surface area (Å²) in [5.74, 6) is -0.0240. The van der Waals surface area contributed by atoms with Crippen LogP contribution in [0.2, 0.25) is 0 Å². The van der Waals surface area contributed by atoms with Gasteiger partial charge in [0, 0.05) is 24.0 Å². The van der Waals surface area contributed by atoms with Gasteiger partial charge in [-0.1, -0.05) is 30.3 Å². The number of aryl methyl sites for hydroxylation is 1. The molecule has 1 N–H and O–H groups in total. The summed E-state index contributed by atoms with van der Waals surface area (Å²) in [7, 11) is 0. The zero-order chi connectivity index (χ0) is 19.7. The fourth-order valence-corrected chi connectivity index (χ4v) is 3.54. The first kappa shape index (κ1) is 18.1. The van der Waals surface area contributed by atoms with Crippen molar-refractivity contribution in [3.8, 4) is 0 Å². The molecule has 0 spiro atoms. The van der Waals surface area contributed by atoms with E-state index < -0.39 is 0 Å². The smallest absolute Gasteiger partial charge is 0.277 e. The number of hydrogen-bond acceptors (Lipinski definition) is 4. The molecule has 1 aliphatic rings. The van der Waals surface area contributed by atoms with Crippen LogP contribution in [0.5, 0.6) is 0 Å². The van der Waals surface area contributed by atoms with Gasteiger partial charge in [-0.15, -0.1) is 0 Å². The lowest BCUT2D eigenvalue weighted by Crippen LogP contribution is -2.36. The molecule has 0 bridgehead atoms. The number of benzene rings is 2. The number of nitrogens with one attached hydrogen (secondary N) is 1. The Morgan fingerprint density at radius 1 is 1.18 bits per heavy atom. The largest absolute Gasteiger partial charge is 0.350 e. The van der Waals surface area contributed by atoms with Crippen LogP contribution >= 0.6 is 0 Å². The summed E-state index contributed by atoms with van der Waals surface area (Å²) in [4.78, 5) is 23.8. The van der Waals surface area contributed by atoms with Crippen molar-refractivity contribution in [2.75, 3.05) is 10.2 Å². The molecule has 1 aliphatic heterocycles. The van der Waals surface area contributed by atoms with Crippen LogP contribution in [0, 0.1) is 12.7 Å². The number of halogens is 1. The van der Waals surface area contributed by atoms with Crippen LogP contribution in [0.3, 0.4) is 0 Å². The molecule has 2 heterocycles. The van der Waals surface area contributed by atoms with E-state index in [9.17, 15) is 9.18 Å². The van der Waals surface area contributed by atoms with Crippen molar-refractivity contribution in [3.05, 3.63) is 82.9 Å². The minimum atomic E-state index is -0.275. The van der Waals surface area contributed by atoms with Gasteiger partial charge in [0.05, 0.1) is 0 Å². The number of carbonyl (C=O) groups is 1. The maximum Gasteiger partial charge on any atom is 0.277 e. The summed E-state index contributed by atoms with van der Waals surface area (Å²) >= 11 is 0. The van der Waals surface area contributed by atoms with Gasteiger partial charge >= 0.3 is 0 Å². The molecule has 142 valence electrons. The van der Waals surface area contributed by atoms with Crippen molar-refractivity contribution in [2.45, 2.75) is 32.9 Å². The van der Waals surface area contributed by atoms with Crippen molar-refractivity contribution >= 4 is 17.5 Å². The second-order valence-electron chi connectivity index (χ2n) is 7.06. The average Bonchev–Trinajstić information content (AvgIpc) is 3.02. The molecule has 0 aliphatic carbocycles. The third kappa shape index (κ3) is 3.58. The maximum atomic E-state index is 13.2. The summed E-state index contributed by atoms with van der Waals surface area (Å²) in [5, 5.41) is 3.12. The summed E-state index contributed by atoms with van der Waals surface area (Å²) < 4.78 is 13.0. The number of fused-ring (bicyclic) bond motifs is 1. The van der Waals surface area contributed by atoms with Gasteiger partial charge in [-0.2, -0.15) is 0 Å². The number of nitrogens with zero attached hydrogens (tertiary/aromatic N) is 3. The van der Waals surface area contributed by atoms with E-state index in [-0.39, 0.29) is 17.8 Å². The van der Waals surface area contributed by atoms with Crippen LogP contribution in [0.4, 0.5) is 16.0 Å². The zero-order valence-corrected chi connectivity index (χ0v) is 15.8. The highest BCUT2D eigenvalue weighted by atomic mass is 19.1. The number of amides is 1. The maximum absolute atomic E-state index is 13.2. The van der Waals surface area contributed by atoms with Gasteiger partial charge < -0.3 is 10.2 Å². The van der Waals surface area contributed by atoms with Gasteiger partial charge in [0.15, 0.2) is 0 Å². The van der Waals surface area contributed by atoms with E-state index in [1.54, 1.807) is 23.1 Å². The Morgan fingerprint density at radius 2 is 1.93 bits per heavy atom. The predicted molar refractivity (Wildman–Crippen MR) is 107 cm³/mol. The fourth-order valence-electron chi connectivity index (χ4n) is 3.54. The lowest BCUT2D eigenvalue weighted by atomic mass is 10.1. The van der Waals surface area contributed by atoms with Gasteiger partial charge in [-0.05, 0) is 55.7 Å². The normalized spacial score (nSPS) is 15.4. The molecule has 0 fully saturated rings. The van der Waals surface area contributed by atoms with Crippen LogP contribution in [0.15, 0.2) is 54.6 Å². The van der Waals surface area contributed by atoms with Crippen LogP contribution in [0.25, 0.3) is 0 Å². The quantitative estimate of drug-likeness (QED) is 0.744. The third-order valence-corrected chi connectivity index (χ3v) is 4.86. The molecule has 0 saturated carbocycles. The second kappa shape index (κ2) is 7.38. The fraction of sp³-hybridized carbons (Fsp3) is 0.227. The Kier molecular flexibility index (Phi) is 4.77. The minimum absolute atomic E-state index is 0.0794. The number of hydrogen-bond donors (Lipinski definition) is 1. The molecule has 1 unspecified atom stereocenters. The first-order valence-electron chi connectivity index (χ1n) is 9.27. The van der Waals surface area contributed by atoms with E-state index in [1.165, 1.54) is 17.7 Å². The molecular weight excluding hydrogens is 355 g/mol. The zero-order valence-electron chi connectivity index (χ0n) is 15.8. The van der Waals surface area contributed by atoms with E-state index in [0.29, 0.717) is 23.9 Å². The summed E-state index contributed by atoms with van der Waals surface area (Å²) in [6, 6.07) is 16.0. The van der Waals surface area contributed by atoms with Gasteiger partial charge in [-0.3, -0.25) is 4.79 Å². The van der Waals surface area contributed by atoms with E-state index >= 15 is 0 Å². The van der Waals surface area contributed by atoms with Crippen LogP contribution in [-0.2, 0) is 13.0 Å². The third-order valence-electron chi connectivity index (χ3n) is 4.86. The van der Waals surface area contributed by atoms with Crippen molar-refractivity contribution in [2.24, 2.45) is 0 Å². The SMILES string of the molecule is Cc1cc(C(=O)N2c3ccccc3CC2C)nc(NCc2ccc(F)cc2)n1. The molecule has 1 amide bonds. The molecule has 5 nitrogen and oxygen atoms in total. The van der Waals surface area contributed by atoms with E-state index in [1.807, 2.05) is 32.0 Å². The van der Waals surface area contributed by atoms with Gasteiger partial charge in [0.2, 0.25) is 5.95 Å². The summed E-state index contributed by atoms with van der Waals surface area (Å²) in [6.45, 7) is 4.32. The van der Waals surface area contributed by atoms with Gasteiger partial charge in [-0.25, -0.2) is 14.4 Å². The standard InChI is InChI=1S/C22H21FN4O/c1-14-11-19(21(28)27-15(2)12-17-5-3-4-6-20(17)27)26-22(25-14)24-13-16-7-9-18(23)10-8-16/h3-11,15H,12-13H2,1-2H3,(H,24,25,26). The van der Waals surface area contributed by atoms with Crippen molar-refractivity contribution in [3.63, 3.8) is 0 Å². The lowest BCUT2D eigenvalue weighted by Gasteiger charge is -2.22. The van der Waals surface area contributed by atoms with Gasteiger partial charge in [0.1, 0.15) is 11.5 Å². The monoisotopic (exact) mass is 376 g/mol. The molecule has 6 heteroatoms. The molecule has 1 atom stereocenters. The van der Waals surface area contributed by atoms with E-state index in [0.717, 1.165) is 17.7 Å². The molecule has 4 rings (SSSR count). The average molecular weight is 376 g/mol. The molecule has 28 heavy (non-hydrogen) atoms. The van der Waals surface area contributed by atoms with Gasteiger partial charge in [0.25, 0.3) is 5.91 Å². The number of carbonyl (C=O) groups excluding carboxylic acids is 1. The van der Waals surface area contributed by atoms with Crippen molar-refractivity contribution in [1.82, 2.24) is 9.97 Å². The highest BCUT2D eigenvalue weighted by Gasteiger charge is 2.32.